The summed E-state index contributed by atoms with van der Waals surface area (Å²) in [5.74, 6) is 1.91. The molecule has 22 heavy (non-hydrogen) atoms. The van der Waals surface area contributed by atoms with Gasteiger partial charge in [0, 0.05) is 25.7 Å². The normalized spacial score (nSPS) is 23.4. The van der Waals surface area contributed by atoms with Gasteiger partial charge in [-0.25, -0.2) is 9.97 Å². The molecule has 1 aromatic heterocycles. The van der Waals surface area contributed by atoms with E-state index in [1.165, 1.54) is 44.9 Å². The first-order valence-corrected chi connectivity index (χ1v) is 8.93. The maximum atomic E-state index is 6.50. The zero-order chi connectivity index (χ0) is 15.4. The van der Waals surface area contributed by atoms with E-state index < -0.39 is 0 Å². The second-order valence-corrected chi connectivity index (χ2v) is 6.59. The number of piperidine rings is 1. The van der Waals surface area contributed by atoms with Crippen molar-refractivity contribution in [3.8, 4) is 0 Å². The first-order chi connectivity index (χ1) is 10.8. The quantitative estimate of drug-likeness (QED) is 0.929. The zero-order valence-electron chi connectivity index (χ0n) is 13.8. The van der Waals surface area contributed by atoms with Gasteiger partial charge in [0.05, 0.1) is 0 Å². The minimum atomic E-state index is 0.572. The molecule has 2 saturated heterocycles. The van der Waals surface area contributed by atoms with Crippen molar-refractivity contribution in [1.29, 1.82) is 0 Å². The fourth-order valence-electron chi connectivity index (χ4n) is 3.84. The molecular formula is C17H29N5. The van der Waals surface area contributed by atoms with Crippen LogP contribution in [-0.4, -0.2) is 35.6 Å². The van der Waals surface area contributed by atoms with E-state index in [0.717, 1.165) is 43.4 Å². The van der Waals surface area contributed by atoms with Crippen molar-refractivity contribution in [2.75, 3.05) is 35.2 Å². The Hall–Kier alpha value is -1.52. The molecule has 2 N–H and O–H groups in total. The van der Waals surface area contributed by atoms with Gasteiger partial charge in [0.15, 0.2) is 11.6 Å². The number of nitrogen functional groups attached to an aromatic ring is 1. The van der Waals surface area contributed by atoms with E-state index in [1.807, 2.05) is 0 Å². The summed E-state index contributed by atoms with van der Waals surface area (Å²) in [6.07, 6.45) is 11.8. The third-order valence-electron chi connectivity index (χ3n) is 5.12. The molecule has 1 unspecified atom stereocenters. The van der Waals surface area contributed by atoms with Gasteiger partial charge in [0.1, 0.15) is 12.0 Å². The van der Waals surface area contributed by atoms with Crippen LogP contribution in [0.15, 0.2) is 6.33 Å². The lowest BCUT2D eigenvalue weighted by Gasteiger charge is -2.37. The molecule has 122 valence electrons. The molecule has 0 radical (unpaired) electrons. The highest BCUT2D eigenvalue weighted by atomic mass is 15.3. The number of hydrogen-bond donors (Lipinski definition) is 1. The molecule has 0 aliphatic carbocycles. The molecule has 0 spiro atoms. The van der Waals surface area contributed by atoms with Gasteiger partial charge in [0.2, 0.25) is 0 Å². The summed E-state index contributed by atoms with van der Waals surface area (Å²) >= 11 is 0. The molecule has 3 rings (SSSR count). The van der Waals surface area contributed by atoms with Crippen LogP contribution in [0.5, 0.6) is 0 Å². The highest BCUT2D eigenvalue weighted by Crippen LogP contribution is 2.34. The summed E-state index contributed by atoms with van der Waals surface area (Å²) < 4.78 is 0. The van der Waals surface area contributed by atoms with Gasteiger partial charge in [-0.2, -0.15) is 0 Å². The van der Waals surface area contributed by atoms with Crippen LogP contribution in [0.3, 0.4) is 0 Å². The van der Waals surface area contributed by atoms with Crippen LogP contribution in [0.25, 0.3) is 0 Å². The Balaban J connectivity index is 1.87. The van der Waals surface area contributed by atoms with E-state index in [4.69, 9.17) is 5.73 Å². The van der Waals surface area contributed by atoms with Gasteiger partial charge >= 0.3 is 0 Å². The topological polar surface area (TPSA) is 58.3 Å². The second-order valence-electron chi connectivity index (χ2n) is 6.59. The van der Waals surface area contributed by atoms with Crippen LogP contribution in [0, 0.1) is 0 Å². The highest BCUT2D eigenvalue weighted by Gasteiger charge is 2.26. The zero-order valence-corrected chi connectivity index (χ0v) is 13.8. The third kappa shape index (κ3) is 3.13. The Morgan fingerprint density at radius 1 is 1.00 bits per heavy atom. The summed E-state index contributed by atoms with van der Waals surface area (Å²) in [6, 6.07) is 0.572. The molecule has 0 saturated carbocycles. The summed E-state index contributed by atoms with van der Waals surface area (Å²) in [4.78, 5) is 13.8. The van der Waals surface area contributed by atoms with Gasteiger partial charge in [-0.05, 0) is 38.5 Å². The smallest absolute Gasteiger partial charge is 0.157 e. The van der Waals surface area contributed by atoms with Crippen LogP contribution in [0.1, 0.15) is 58.3 Å². The molecule has 2 fully saturated rings. The number of nitrogens with zero attached hydrogens (tertiary/aromatic N) is 4. The van der Waals surface area contributed by atoms with Crippen molar-refractivity contribution >= 4 is 17.3 Å². The van der Waals surface area contributed by atoms with Crippen LogP contribution in [0.2, 0.25) is 0 Å². The number of aromatic nitrogens is 2. The standard InChI is InChI=1S/C17H29N5/c1-2-14-9-5-8-12-22(14)17-15(18)16(19-13-20-17)21-10-6-3-4-7-11-21/h13-14H,2-12,18H2,1H3. The van der Waals surface area contributed by atoms with Crippen molar-refractivity contribution in [3.63, 3.8) is 0 Å². The Morgan fingerprint density at radius 2 is 1.68 bits per heavy atom. The van der Waals surface area contributed by atoms with Crippen molar-refractivity contribution in [2.45, 2.75) is 64.3 Å². The molecule has 0 amide bonds. The summed E-state index contributed by atoms with van der Waals surface area (Å²) in [6.45, 7) is 5.46. The second kappa shape index (κ2) is 7.16. The lowest BCUT2D eigenvalue weighted by Crippen LogP contribution is -2.40. The molecule has 0 bridgehead atoms. The Morgan fingerprint density at radius 3 is 2.41 bits per heavy atom. The first-order valence-electron chi connectivity index (χ1n) is 8.93. The van der Waals surface area contributed by atoms with E-state index in [9.17, 15) is 0 Å². The SMILES string of the molecule is CCC1CCCCN1c1ncnc(N2CCCCCC2)c1N. The number of rotatable bonds is 3. The van der Waals surface area contributed by atoms with E-state index >= 15 is 0 Å². The first kappa shape index (κ1) is 15.4. The van der Waals surface area contributed by atoms with Crippen LogP contribution < -0.4 is 15.5 Å². The van der Waals surface area contributed by atoms with E-state index in [0.29, 0.717) is 6.04 Å². The van der Waals surface area contributed by atoms with Crippen LogP contribution >= 0.6 is 0 Å². The van der Waals surface area contributed by atoms with Gasteiger partial charge in [-0.1, -0.05) is 19.8 Å². The molecule has 5 nitrogen and oxygen atoms in total. The number of nitrogens with two attached hydrogens (primary N) is 1. The van der Waals surface area contributed by atoms with Gasteiger partial charge in [-0.15, -0.1) is 0 Å². The molecule has 0 aromatic carbocycles. The summed E-state index contributed by atoms with van der Waals surface area (Å²) in [5.41, 5.74) is 7.29. The van der Waals surface area contributed by atoms with Crippen molar-refractivity contribution < 1.29 is 0 Å². The largest absolute Gasteiger partial charge is 0.393 e. The average molecular weight is 303 g/mol. The summed E-state index contributed by atoms with van der Waals surface area (Å²) in [5, 5.41) is 0. The monoisotopic (exact) mass is 303 g/mol. The molecule has 5 heteroatoms. The number of hydrogen-bond acceptors (Lipinski definition) is 5. The Labute approximate surface area is 133 Å². The van der Waals surface area contributed by atoms with Crippen LogP contribution in [-0.2, 0) is 0 Å². The molecule has 1 atom stereocenters. The maximum absolute atomic E-state index is 6.50. The lowest BCUT2D eigenvalue weighted by atomic mass is 10.00. The maximum Gasteiger partial charge on any atom is 0.157 e. The lowest BCUT2D eigenvalue weighted by molar-refractivity contribution is 0.447. The van der Waals surface area contributed by atoms with E-state index in [1.54, 1.807) is 6.33 Å². The van der Waals surface area contributed by atoms with Crippen LogP contribution in [0.4, 0.5) is 17.3 Å². The Bertz CT molecular complexity index is 482. The summed E-state index contributed by atoms with van der Waals surface area (Å²) in [7, 11) is 0. The van der Waals surface area contributed by atoms with Crippen molar-refractivity contribution in [2.24, 2.45) is 0 Å². The van der Waals surface area contributed by atoms with Crippen molar-refractivity contribution in [1.82, 2.24) is 9.97 Å². The molecule has 2 aliphatic rings. The predicted molar refractivity (Wildman–Crippen MR) is 92.4 cm³/mol. The Kier molecular flexibility index (Phi) is 5.01. The van der Waals surface area contributed by atoms with E-state index in [-0.39, 0.29) is 0 Å². The van der Waals surface area contributed by atoms with E-state index in [2.05, 4.69) is 26.7 Å². The minimum absolute atomic E-state index is 0.572. The van der Waals surface area contributed by atoms with Gasteiger partial charge < -0.3 is 15.5 Å². The third-order valence-corrected chi connectivity index (χ3v) is 5.12. The predicted octanol–water partition coefficient (Wildman–Crippen LogP) is 3.21. The average Bonchev–Trinajstić information content (AvgIpc) is 2.84. The minimum Gasteiger partial charge on any atom is -0.393 e. The number of anilines is 3. The molecule has 2 aliphatic heterocycles. The molecule has 1 aromatic rings. The van der Waals surface area contributed by atoms with Gasteiger partial charge in [0.25, 0.3) is 0 Å². The fraction of sp³-hybridized carbons (Fsp3) is 0.765. The molecular weight excluding hydrogens is 274 g/mol. The highest BCUT2D eigenvalue weighted by molar-refractivity contribution is 5.76. The van der Waals surface area contributed by atoms with Crippen molar-refractivity contribution in [3.05, 3.63) is 6.33 Å². The fourth-order valence-corrected chi connectivity index (χ4v) is 3.84. The van der Waals surface area contributed by atoms with Gasteiger partial charge in [-0.3, -0.25) is 0 Å². The molecule has 3 heterocycles.